The lowest BCUT2D eigenvalue weighted by Gasteiger charge is -2.33. The second-order valence-electron chi connectivity index (χ2n) is 7.06. The Kier molecular flexibility index (Phi) is 6.73. The van der Waals surface area contributed by atoms with Crippen molar-refractivity contribution >= 4 is 17.7 Å². The Labute approximate surface area is 185 Å². The first-order chi connectivity index (χ1) is 15.2. The van der Waals surface area contributed by atoms with Gasteiger partial charge in [0.1, 0.15) is 11.0 Å². The molecule has 0 radical (unpaired) electrons. The summed E-state index contributed by atoms with van der Waals surface area (Å²) in [4.78, 5) is 13.1. The Morgan fingerprint density at radius 3 is 2.61 bits per heavy atom. The predicted molar refractivity (Wildman–Crippen MR) is 120 cm³/mol. The zero-order valence-corrected chi connectivity index (χ0v) is 18.3. The SMILES string of the molecule is COCCCNC(=O)[C@@H]1Sc2nnc(-c3ccccc3)n2N[C@@H]1c1ccc(OC)cc1. The number of nitrogens with one attached hydrogen (secondary N) is 2. The van der Waals surface area contributed by atoms with Gasteiger partial charge in [0, 0.05) is 25.8 Å². The van der Waals surface area contributed by atoms with E-state index in [4.69, 9.17) is 9.47 Å². The Bertz CT molecular complexity index is 1010. The summed E-state index contributed by atoms with van der Waals surface area (Å²) in [5, 5.41) is 12.0. The molecule has 1 amide bonds. The molecule has 1 aliphatic rings. The van der Waals surface area contributed by atoms with E-state index in [0.717, 1.165) is 23.3 Å². The van der Waals surface area contributed by atoms with Crippen LogP contribution in [0.2, 0.25) is 0 Å². The minimum absolute atomic E-state index is 0.0510. The molecule has 0 fully saturated rings. The number of amides is 1. The van der Waals surface area contributed by atoms with Crippen LogP contribution in [0.25, 0.3) is 11.4 Å². The summed E-state index contributed by atoms with van der Waals surface area (Å²) in [6, 6.07) is 17.3. The predicted octanol–water partition coefficient (Wildman–Crippen LogP) is 2.87. The van der Waals surface area contributed by atoms with Crippen LogP contribution >= 0.6 is 11.8 Å². The van der Waals surface area contributed by atoms with Crippen LogP contribution in [0, 0.1) is 0 Å². The molecule has 2 aromatic carbocycles. The molecule has 1 aliphatic heterocycles. The number of hydrogen-bond donors (Lipinski definition) is 2. The van der Waals surface area contributed by atoms with Gasteiger partial charge in [-0.2, -0.15) is 0 Å². The van der Waals surface area contributed by atoms with E-state index in [-0.39, 0.29) is 11.9 Å². The largest absolute Gasteiger partial charge is 0.497 e. The van der Waals surface area contributed by atoms with Crippen molar-refractivity contribution in [2.45, 2.75) is 22.9 Å². The average Bonchev–Trinajstić information content (AvgIpc) is 3.24. The Morgan fingerprint density at radius 1 is 1.13 bits per heavy atom. The minimum atomic E-state index is -0.406. The number of carbonyl (C=O) groups excluding carboxylic acids is 1. The molecule has 8 nitrogen and oxygen atoms in total. The number of methoxy groups -OCH3 is 2. The maximum Gasteiger partial charge on any atom is 0.236 e. The van der Waals surface area contributed by atoms with Gasteiger partial charge < -0.3 is 20.2 Å². The van der Waals surface area contributed by atoms with E-state index in [0.29, 0.717) is 24.1 Å². The zero-order chi connectivity index (χ0) is 21.6. The van der Waals surface area contributed by atoms with Crippen molar-refractivity contribution < 1.29 is 14.3 Å². The van der Waals surface area contributed by atoms with Gasteiger partial charge in [-0.25, -0.2) is 4.68 Å². The minimum Gasteiger partial charge on any atom is -0.497 e. The molecule has 2 N–H and O–H groups in total. The molecule has 0 bridgehead atoms. The summed E-state index contributed by atoms with van der Waals surface area (Å²) < 4.78 is 12.2. The van der Waals surface area contributed by atoms with Gasteiger partial charge in [0.05, 0.1) is 13.2 Å². The maximum absolute atomic E-state index is 13.1. The molecule has 4 rings (SSSR count). The van der Waals surface area contributed by atoms with Crippen LogP contribution in [0.5, 0.6) is 5.75 Å². The Balaban J connectivity index is 1.64. The van der Waals surface area contributed by atoms with E-state index in [1.807, 2.05) is 59.3 Å². The van der Waals surface area contributed by atoms with Gasteiger partial charge in [-0.15, -0.1) is 10.2 Å². The first-order valence-electron chi connectivity index (χ1n) is 10.1. The fourth-order valence-corrected chi connectivity index (χ4v) is 4.52. The third-order valence-corrected chi connectivity index (χ3v) is 6.24. The van der Waals surface area contributed by atoms with Crippen molar-refractivity contribution in [3.63, 3.8) is 0 Å². The number of fused-ring (bicyclic) bond motifs is 1. The molecular formula is C22H25N5O3S. The van der Waals surface area contributed by atoms with Gasteiger partial charge in [0.15, 0.2) is 5.82 Å². The van der Waals surface area contributed by atoms with Crippen LogP contribution < -0.4 is 15.5 Å². The fourth-order valence-electron chi connectivity index (χ4n) is 3.42. The van der Waals surface area contributed by atoms with E-state index in [1.54, 1.807) is 14.2 Å². The van der Waals surface area contributed by atoms with E-state index in [1.165, 1.54) is 11.8 Å². The summed E-state index contributed by atoms with van der Waals surface area (Å²) in [5.41, 5.74) is 5.40. The third kappa shape index (κ3) is 4.67. The monoisotopic (exact) mass is 439 g/mol. The summed E-state index contributed by atoms with van der Waals surface area (Å²) in [5.74, 6) is 1.42. The second kappa shape index (κ2) is 9.84. The van der Waals surface area contributed by atoms with E-state index in [9.17, 15) is 4.79 Å². The number of thioether (sulfide) groups is 1. The number of rotatable bonds is 8. The zero-order valence-electron chi connectivity index (χ0n) is 17.4. The van der Waals surface area contributed by atoms with Gasteiger partial charge in [0.2, 0.25) is 11.1 Å². The molecule has 31 heavy (non-hydrogen) atoms. The lowest BCUT2D eigenvalue weighted by Crippen LogP contribution is -2.44. The van der Waals surface area contributed by atoms with Crippen molar-refractivity contribution in [2.24, 2.45) is 0 Å². The van der Waals surface area contributed by atoms with Crippen molar-refractivity contribution in [1.29, 1.82) is 0 Å². The topological polar surface area (TPSA) is 90.3 Å². The summed E-state index contributed by atoms with van der Waals surface area (Å²) in [7, 11) is 3.29. The Hall–Kier alpha value is -3.04. The maximum atomic E-state index is 13.1. The molecule has 1 aromatic heterocycles. The standard InChI is InChI=1S/C22H25N5O3S/c1-29-14-6-13-23-21(28)19-18(15-9-11-17(30-2)12-10-15)26-27-20(24-25-22(27)31-19)16-7-4-3-5-8-16/h3-5,7-12,18-19,26H,6,13-14H2,1-2H3,(H,23,28)/t18-,19-/m1/s1. The smallest absolute Gasteiger partial charge is 0.236 e. The van der Waals surface area contributed by atoms with Crippen LogP contribution in [0.3, 0.4) is 0 Å². The summed E-state index contributed by atoms with van der Waals surface area (Å²) in [6.45, 7) is 1.16. The molecule has 9 heteroatoms. The molecular weight excluding hydrogens is 414 g/mol. The normalized spacial score (nSPS) is 17.5. The molecule has 162 valence electrons. The number of hydrogen-bond acceptors (Lipinski definition) is 7. The Morgan fingerprint density at radius 2 is 1.90 bits per heavy atom. The molecule has 0 aliphatic carbocycles. The average molecular weight is 440 g/mol. The van der Waals surface area contributed by atoms with E-state index in [2.05, 4.69) is 20.9 Å². The number of nitrogens with zero attached hydrogens (tertiary/aromatic N) is 3. The first-order valence-corrected chi connectivity index (χ1v) is 10.9. The quantitative estimate of drug-likeness (QED) is 0.522. The second-order valence-corrected chi connectivity index (χ2v) is 8.17. The molecule has 3 aromatic rings. The van der Waals surface area contributed by atoms with Crippen LogP contribution in [-0.2, 0) is 9.53 Å². The van der Waals surface area contributed by atoms with Crippen LogP contribution in [0.4, 0.5) is 0 Å². The van der Waals surface area contributed by atoms with Crippen molar-refractivity contribution in [2.75, 3.05) is 32.8 Å². The van der Waals surface area contributed by atoms with E-state index >= 15 is 0 Å². The first kappa shape index (κ1) is 21.2. The van der Waals surface area contributed by atoms with Crippen LogP contribution in [-0.4, -0.2) is 53.4 Å². The van der Waals surface area contributed by atoms with Gasteiger partial charge >= 0.3 is 0 Å². The van der Waals surface area contributed by atoms with Crippen LogP contribution in [0.1, 0.15) is 18.0 Å². The summed E-state index contributed by atoms with van der Waals surface area (Å²) in [6.07, 6.45) is 0.759. The van der Waals surface area contributed by atoms with Gasteiger partial charge in [0.25, 0.3) is 0 Å². The van der Waals surface area contributed by atoms with Gasteiger partial charge in [-0.05, 0) is 24.1 Å². The van der Waals surface area contributed by atoms with Crippen molar-refractivity contribution in [1.82, 2.24) is 20.2 Å². The number of carbonyl (C=O) groups is 1. The highest BCUT2D eigenvalue weighted by Gasteiger charge is 2.37. The highest BCUT2D eigenvalue weighted by atomic mass is 32.2. The molecule has 2 atom stereocenters. The van der Waals surface area contributed by atoms with Gasteiger partial charge in [-0.1, -0.05) is 54.2 Å². The van der Waals surface area contributed by atoms with Gasteiger partial charge in [-0.3, -0.25) is 4.79 Å². The van der Waals surface area contributed by atoms with E-state index < -0.39 is 5.25 Å². The van der Waals surface area contributed by atoms with Crippen LogP contribution in [0.15, 0.2) is 59.8 Å². The molecule has 0 spiro atoms. The molecule has 2 heterocycles. The number of aromatic nitrogens is 3. The fraction of sp³-hybridized carbons (Fsp3) is 0.318. The lowest BCUT2D eigenvalue weighted by molar-refractivity contribution is -0.121. The molecule has 0 saturated heterocycles. The number of benzene rings is 2. The molecule has 0 unspecified atom stereocenters. The highest BCUT2D eigenvalue weighted by molar-refractivity contribution is 8.00. The van der Waals surface area contributed by atoms with Crippen molar-refractivity contribution in [3.05, 3.63) is 60.2 Å². The third-order valence-electron chi connectivity index (χ3n) is 5.03. The molecule has 0 saturated carbocycles. The summed E-state index contributed by atoms with van der Waals surface area (Å²) >= 11 is 1.41. The lowest BCUT2D eigenvalue weighted by atomic mass is 10.0. The highest BCUT2D eigenvalue weighted by Crippen LogP contribution is 2.38. The van der Waals surface area contributed by atoms with Crippen molar-refractivity contribution in [3.8, 4) is 17.1 Å². The number of ether oxygens (including phenoxy) is 2.